The van der Waals surface area contributed by atoms with Crippen LogP contribution in [0.15, 0.2) is 41.2 Å². The zero-order chi connectivity index (χ0) is 19.0. The number of rotatable bonds is 4. The molecule has 8 heteroatoms. The summed E-state index contributed by atoms with van der Waals surface area (Å²) in [6.07, 6.45) is 0. The van der Waals surface area contributed by atoms with Gasteiger partial charge < -0.3 is 15.3 Å². The Labute approximate surface area is 148 Å². The third kappa shape index (κ3) is 2.92. The number of nitrogens with one attached hydrogen (secondary N) is 1. The smallest absolute Gasteiger partial charge is 0.348 e. The Bertz CT molecular complexity index is 1030. The second-order valence-corrected chi connectivity index (χ2v) is 6.12. The summed E-state index contributed by atoms with van der Waals surface area (Å²) < 4.78 is 1.22. The van der Waals surface area contributed by atoms with E-state index in [1.807, 2.05) is 13.8 Å². The van der Waals surface area contributed by atoms with Crippen molar-refractivity contribution in [1.82, 2.24) is 14.8 Å². The number of aromatic hydroxyl groups is 2. The SMILES string of the molecule is CC(C)c1cc(-c2n[nH]c(=O)n2-c2ccc(C(=O)O)cc2)c(O)cc1O. The number of aromatic amines is 1. The molecule has 0 aliphatic rings. The van der Waals surface area contributed by atoms with Gasteiger partial charge in [-0.05, 0) is 41.8 Å². The molecule has 0 spiro atoms. The Morgan fingerprint density at radius 3 is 2.35 bits per heavy atom. The molecular weight excluding hydrogens is 338 g/mol. The van der Waals surface area contributed by atoms with Gasteiger partial charge in [0, 0.05) is 6.07 Å². The number of nitrogens with zero attached hydrogens (tertiary/aromatic N) is 2. The molecule has 0 saturated carbocycles. The summed E-state index contributed by atoms with van der Waals surface area (Å²) in [7, 11) is 0. The van der Waals surface area contributed by atoms with Gasteiger partial charge in [-0.3, -0.25) is 0 Å². The minimum absolute atomic E-state index is 0.0108. The van der Waals surface area contributed by atoms with Crippen molar-refractivity contribution in [3.05, 3.63) is 58.0 Å². The normalized spacial score (nSPS) is 11.0. The molecule has 3 aromatic rings. The maximum atomic E-state index is 12.2. The zero-order valence-electron chi connectivity index (χ0n) is 14.1. The van der Waals surface area contributed by atoms with Gasteiger partial charge in [0.1, 0.15) is 11.5 Å². The molecule has 26 heavy (non-hydrogen) atoms. The van der Waals surface area contributed by atoms with E-state index in [9.17, 15) is 19.8 Å². The fourth-order valence-electron chi connectivity index (χ4n) is 2.71. The molecule has 8 nitrogen and oxygen atoms in total. The predicted molar refractivity (Wildman–Crippen MR) is 94.0 cm³/mol. The van der Waals surface area contributed by atoms with Crippen LogP contribution in [-0.4, -0.2) is 36.1 Å². The molecule has 1 aromatic heterocycles. The third-order valence-corrected chi connectivity index (χ3v) is 4.05. The van der Waals surface area contributed by atoms with Gasteiger partial charge in [-0.1, -0.05) is 13.8 Å². The highest BCUT2D eigenvalue weighted by atomic mass is 16.4. The van der Waals surface area contributed by atoms with Gasteiger partial charge in [0.25, 0.3) is 0 Å². The van der Waals surface area contributed by atoms with Crippen molar-refractivity contribution < 1.29 is 20.1 Å². The van der Waals surface area contributed by atoms with E-state index in [0.717, 1.165) is 0 Å². The summed E-state index contributed by atoms with van der Waals surface area (Å²) in [6, 6.07) is 8.48. The average Bonchev–Trinajstić information content (AvgIpc) is 2.96. The van der Waals surface area contributed by atoms with E-state index in [1.165, 1.54) is 34.9 Å². The maximum absolute atomic E-state index is 12.2. The standard InChI is InChI=1S/C18H17N3O5/c1-9(2)12-7-13(15(23)8-14(12)22)16-19-20-18(26)21(16)11-5-3-10(4-6-11)17(24)25/h3-9,22-23H,1-2H3,(H,20,26)(H,24,25). The van der Waals surface area contributed by atoms with Gasteiger partial charge in [0.15, 0.2) is 5.82 Å². The van der Waals surface area contributed by atoms with Crippen molar-refractivity contribution >= 4 is 5.97 Å². The minimum atomic E-state index is -1.07. The maximum Gasteiger partial charge on any atom is 0.348 e. The monoisotopic (exact) mass is 355 g/mol. The van der Waals surface area contributed by atoms with Gasteiger partial charge >= 0.3 is 11.7 Å². The average molecular weight is 355 g/mol. The van der Waals surface area contributed by atoms with Crippen LogP contribution in [-0.2, 0) is 0 Å². The molecule has 0 saturated heterocycles. The largest absolute Gasteiger partial charge is 0.508 e. The van der Waals surface area contributed by atoms with Crippen molar-refractivity contribution in [3.8, 4) is 28.6 Å². The van der Waals surface area contributed by atoms with Crippen molar-refractivity contribution in [2.24, 2.45) is 0 Å². The van der Waals surface area contributed by atoms with Crippen molar-refractivity contribution in [1.29, 1.82) is 0 Å². The van der Waals surface area contributed by atoms with Crippen LogP contribution in [0.3, 0.4) is 0 Å². The summed E-state index contributed by atoms with van der Waals surface area (Å²) in [5, 5.41) is 35.5. The number of benzene rings is 2. The van der Waals surface area contributed by atoms with E-state index in [4.69, 9.17) is 5.11 Å². The first-order chi connectivity index (χ1) is 12.3. The molecule has 4 N–H and O–H groups in total. The van der Waals surface area contributed by atoms with E-state index in [1.54, 1.807) is 6.07 Å². The van der Waals surface area contributed by atoms with Crippen molar-refractivity contribution in [2.75, 3.05) is 0 Å². The Morgan fingerprint density at radius 1 is 1.12 bits per heavy atom. The second kappa shape index (κ2) is 6.40. The highest BCUT2D eigenvalue weighted by molar-refractivity contribution is 5.87. The predicted octanol–water partition coefficient (Wildman–Crippen LogP) is 2.46. The van der Waals surface area contributed by atoms with Crippen LogP contribution in [0.1, 0.15) is 35.7 Å². The lowest BCUT2D eigenvalue weighted by Gasteiger charge is -2.13. The Balaban J connectivity index is 2.19. The van der Waals surface area contributed by atoms with E-state index < -0.39 is 11.7 Å². The Hall–Kier alpha value is -3.55. The molecule has 0 amide bonds. The van der Waals surface area contributed by atoms with E-state index in [-0.39, 0.29) is 34.4 Å². The number of aromatic carboxylic acids is 1. The van der Waals surface area contributed by atoms with Gasteiger partial charge in [0.2, 0.25) is 0 Å². The van der Waals surface area contributed by atoms with E-state index in [0.29, 0.717) is 11.3 Å². The van der Waals surface area contributed by atoms with Crippen LogP contribution in [0.2, 0.25) is 0 Å². The summed E-state index contributed by atoms with van der Waals surface area (Å²) in [6.45, 7) is 3.77. The van der Waals surface area contributed by atoms with Gasteiger partial charge in [0.05, 0.1) is 16.8 Å². The lowest BCUT2D eigenvalue weighted by Crippen LogP contribution is -2.16. The highest BCUT2D eigenvalue weighted by Gasteiger charge is 2.19. The summed E-state index contributed by atoms with van der Waals surface area (Å²) >= 11 is 0. The summed E-state index contributed by atoms with van der Waals surface area (Å²) in [4.78, 5) is 23.2. The molecule has 3 rings (SSSR count). The first-order valence-electron chi connectivity index (χ1n) is 7.87. The van der Waals surface area contributed by atoms with Gasteiger partial charge in [-0.2, -0.15) is 5.10 Å². The highest BCUT2D eigenvalue weighted by Crippen LogP contribution is 2.37. The van der Waals surface area contributed by atoms with Crippen LogP contribution in [0, 0.1) is 0 Å². The van der Waals surface area contributed by atoms with Crippen LogP contribution >= 0.6 is 0 Å². The minimum Gasteiger partial charge on any atom is -0.508 e. The van der Waals surface area contributed by atoms with Crippen LogP contribution in [0.25, 0.3) is 17.1 Å². The second-order valence-electron chi connectivity index (χ2n) is 6.12. The number of carbonyl (C=O) groups is 1. The fraction of sp³-hybridized carbons (Fsp3) is 0.167. The summed E-state index contributed by atoms with van der Waals surface area (Å²) in [5.41, 5.74) is 0.804. The number of hydrogen-bond donors (Lipinski definition) is 4. The molecule has 0 atom stereocenters. The van der Waals surface area contributed by atoms with E-state index in [2.05, 4.69) is 10.2 Å². The molecular formula is C18H17N3O5. The number of H-pyrrole nitrogens is 1. The van der Waals surface area contributed by atoms with Gasteiger partial charge in [-0.15, -0.1) is 0 Å². The number of carboxylic acids is 1. The van der Waals surface area contributed by atoms with Gasteiger partial charge in [-0.25, -0.2) is 19.3 Å². The number of phenols is 2. The van der Waals surface area contributed by atoms with Crippen molar-refractivity contribution in [3.63, 3.8) is 0 Å². The molecule has 0 aliphatic carbocycles. The molecule has 2 aromatic carbocycles. The zero-order valence-corrected chi connectivity index (χ0v) is 14.1. The van der Waals surface area contributed by atoms with E-state index >= 15 is 0 Å². The molecule has 0 aliphatic heterocycles. The number of hydrogen-bond acceptors (Lipinski definition) is 5. The molecule has 0 bridgehead atoms. The lowest BCUT2D eigenvalue weighted by atomic mass is 9.98. The molecule has 134 valence electrons. The third-order valence-electron chi connectivity index (χ3n) is 4.05. The van der Waals surface area contributed by atoms with Crippen LogP contribution < -0.4 is 5.69 Å². The quantitative estimate of drug-likeness (QED) is 0.569. The molecule has 1 heterocycles. The molecule has 0 fully saturated rings. The number of phenolic OH excluding ortho intramolecular Hbond substituents is 2. The number of carboxylic acid groups (broad SMARTS) is 1. The molecule has 0 radical (unpaired) electrons. The topological polar surface area (TPSA) is 128 Å². The summed E-state index contributed by atoms with van der Waals surface area (Å²) in [5.74, 6) is -1.21. The van der Waals surface area contributed by atoms with Crippen LogP contribution in [0.5, 0.6) is 11.5 Å². The molecule has 0 unspecified atom stereocenters. The fourth-order valence-corrected chi connectivity index (χ4v) is 2.71. The first-order valence-corrected chi connectivity index (χ1v) is 7.87. The number of aromatic nitrogens is 3. The Morgan fingerprint density at radius 2 is 1.77 bits per heavy atom. The lowest BCUT2D eigenvalue weighted by molar-refractivity contribution is 0.0697. The Kier molecular flexibility index (Phi) is 4.25. The first kappa shape index (κ1) is 17.3. The van der Waals surface area contributed by atoms with Crippen molar-refractivity contribution in [2.45, 2.75) is 19.8 Å². The van der Waals surface area contributed by atoms with Crippen LogP contribution in [0.4, 0.5) is 0 Å².